The number of carbonyl (C=O) groups is 1. The summed E-state index contributed by atoms with van der Waals surface area (Å²) < 4.78 is 6.22. The molecule has 0 N–H and O–H groups in total. The van der Waals surface area contributed by atoms with E-state index in [4.69, 9.17) is 0 Å². The van der Waals surface area contributed by atoms with Crippen molar-refractivity contribution in [3.05, 3.63) is 15.9 Å². The van der Waals surface area contributed by atoms with E-state index in [9.17, 15) is 14.9 Å². The first-order chi connectivity index (χ1) is 8.92. The molecule has 19 heavy (non-hydrogen) atoms. The number of aromatic nitrogens is 2. The number of imidazole rings is 1. The fourth-order valence-electron chi connectivity index (χ4n) is 1.80. The van der Waals surface area contributed by atoms with E-state index in [1.165, 1.54) is 7.11 Å². The summed E-state index contributed by atoms with van der Waals surface area (Å²) in [7, 11) is 3.03. The van der Waals surface area contributed by atoms with Crippen molar-refractivity contribution in [2.75, 3.05) is 25.1 Å². The second-order valence-corrected chi connectivity index (χ2v) is 4.03. The van der Waals surface area contributed by atoms with Crippen LogP contribution in [0.4, 0.5) is 11.6 Å². The van der Waals surface area contributed by atoms with Crippen LogP contribution in [0.1, 0.15) is 19.2 Å². The van der Waals surface area contributed by atoms with Crippen LogP contribution < -0.4 is 4.90 Å². The van der Waals surface area contributed by atoms with Gasteiger partial charge in [0, 0.05) is 27.1 Å². The molecule has 0 atom stereocenters. The minimum absolute atomic E-state index is 0.172. The van der Waals surface area contributed by atoms with Gasteiger partial charge in [0.15, 0.2) is 0 Å². The molecule has 0 bridgehead atoms. The summed E-state index contributed by atoms with van der Waals surface area (Å²) in [6.45, 7) is 4.45. The summed E-state index contributed by atoms with van der Waals surface area (Å²) in [5, 5.41) is 11.0. The van der Waals surface area contributed by atoms with Crippen molar-refractivity contribution in [3.8, 4) is 0 Å². The van der Waals surface area contributed by atoms with Crippen LogP contribution >= 0.6 is 0 Å². The predicted molar refractivity (Wildman–Crippen MR) is 69.1 cm³/mol. The first-order valence-electron chi connectivity index (χ1n) is 5.91. The maximum atomic E-state index is 11.2. The number of rotatable bonds is 6. The largest absolute Gasteiger partial charge is 0.469 e. The Labute approximate surface area is 111 Å². The topological polar surface area (TPSA) is 90.5 Å². The maximum absolute atomic E-state index is 11.2. The number of ether oxygens (including phenoxy) is 1. The lowest BCUT2D eigenvalue weighted by Gasteiger charge is -2.21. The van der Waals surface area contributed by atoms with E-state index in [1.807, 2.05) is 6.92 Å². The Kier molecular flexibility index (Phi) is 4.85. The SMILES string of the molecule is CCN(CCC(=O)OC)c1c([N+](=O)[O-])nc(C)n1C. The quantitative estimate of drug-likeness (QED) is 0.435. The van der Waals surface area contributed by atoms with Crippen LogP contribution in [0.3, 0.4) is 0 Å². The number of esters is 1. The molecule has 0 aliphatic rings. The van der Waals surface area contributed by atoms with Crippen molar-refractivity contribution >= 4 is 17.6 Å². The number of hydrogen-bond donors (Lipinski definition) is 0. The van der Waals surface area contributed by atoms with Crippen LogP contribution in [0.2, 0.25) is 0 Å². The van der Waals surface area contributed by atoms with Crippen molar-refractivity contribution in [2.24, 2.45) is 7.05 Å². The third-order valence-electron chi connectivity index (χ3n) is 2.94. The zero-order valence-electron chi connectivity index (χ0n) is 11.5. The van der Waals surface area contributed by atoms with Crippen molar-refractivity contribution in [3.63, 3.8) is 0 Å². The number of nitrogens with zero attached hydrogens (tertiary/aromatic N) is 4. The van der Waals surface area contributed by atoms with E-state index in [1.54, 1.807) is 23.4 Å². The van der Waals surface area contributed by atoms with Gasteiger partial charge in [-0.3, -0.25) is 9.36 Å². The number of aryl methyl sites for hydroxylation is 1. The zero-order valence-corrected chi connectivity index (χ0v) is 11.5. The maximum Gasteiger partial charge on any atom is 0.406 e. The van der Waals surface area contributed by atoms with E-state index < -0.39 is 4.92 Å². The first-order valence-corrected chi connectivity index (χ1v) is 5.91. The molecule has 0 aliphatic carbocycles. The standard InChI is InChI=1S/C11H18N4O4/c1-5-14(7-6-9(16)19-4)11-10(15(17)18)12-8(2)13(11)3/h5-7H2,1-4H3. The number of hydrogen-bond acceptors (Lipinski definition) is 6. The van der Waals surface area contributed by atoms with Gasteiger partial charge in [0.1, 0.15) is 0 Å². The summed E-state index contributed by atoms with van der Waals surface area (Å²) in [5.41, 5.74) is 0. The fourth-order valence-corrected chi connectivity index (χ4v) is 1.80. The summed E-state index contributed by atoms with van der Waals surface area (Å²) in [6.07, 6.45) is 0.172. The summed E-state index contributed by atoms with van der Waals surface area (Å²) in [6, 6.07) is 0. The van der Waals surface area contributed by atoms with Gasteiger partial charge in [-0.2, -0.15) is 0 Å². The number of anilines is 1. The monoisotopic (exact) mass is 270 g/mol. The lowest BCUT2D eigenvalue weighted by Crippen LogP contribution is -2.28. The molecule has 0 spiro atoms. The average molecular weight is 270 g/mol. The van der Waals surface area contributed by atoms with Crippen molar-refractivity contribution < 1.29 is 14.5 Å². The molecule has 0 aliphatic heterocycles. The normalized spacial score (nSPS) is 10.3. The van der Waals surface area contributed by atoms with Gasteiger partial charge in [0.05, 0.1) is 13.5 Å². The molecular weight excluding hydrogens is 252 g/mol. The lowest BCUT2D eigenvalue weighted by atomic mass is 10.3. The average Bonchev–Trinajstić information content (AvgIpc) is 2.67. The number of methoxy groups -OCH3 is 1. The highest BCUT2D eigenvalue weighted by Gasteiger charge is 2.27. The zero-order chi connectivity index (χ0) is 14.6. The molecule has 1 rings (SSSR count). The van der Waals surface area contributed by atoms with Crippen LogP contribution in [-0.2, 0) is 16.6 Å². The van der Waals surface area contributed by atoms with Gasteiger partial charge < -0.3 is 19.8 Å². The molecular formula is C11H18N4O4. The van der Waals surface area contributed by atoms with Gasteiger partial charge in [0.2, 0.25) is 11.6 Å². The van der Waals surface area contributed by atoms with E-state index in [0.717, 1.165) is 0 Å². The highest BCUT2D eigenvalue weighted by molar-refractivity contribution is 5.70. The molecule has 1 aromatic heterocycles. The third kappa shape index (κ3) is 3.21. The molecule has 8 nitrogen and oxygen atoms in total. The Hall–Kier alpha value is -2.12. The highest BCUT2D eigenvalue weighted by atomic mass is 16.6. The molecule has 1 aromatic rings. The Morgan fingerprint density at radius 3 is 2.68 bits per heavy atom. The third-order valence-corrected chi connectivity index (χ3v) is 2.94. The summed E-state index contributed by atoms with van der Waals surface area (Å²) in [4.78, 5) is 27.3. The Balaban J connectivity index is 3.03. The molecule has 0 saturated heterocycles. The van der Waals surface area contributed by atoms with Gasteiger partial charge in [-0.15, -0.1) is 0 Å². The van der Waals surface area contributed by atoms with E-state index in [2.05, 4.69) is 9.72 Å². The molecule has 8 heteroatoms. The molecule has 0 fully saturated rings. The summed E-state index contributed by atoms with van der Waals surface area (Å²) >= 11 is 0. The molecule has 0 amide bonds. The lowest BCUT2D eigenvalue weighted by molar-refractivity contribution is -0.388. The molecule has 1 heterocycles. The molecule has 106 valence electrons. The first kappa shape index (κ1) is 14.9. The second kappa shape index (κ2) is 6.17. The summed E-state index contributed by atoms with van der Waals surface area (Å²) in [5.74, 6) is 0.429. The van der Waals surface area contributed by atoms with Gasteiger partial charge in [-0.05, 0) is 16.8 Å². The van der Waals surface area contributed by atoms with Crippen LogP contribution in [0.5, 0.6) is 0 Å². The van der Waals surface area contributed by atoms with Crippen LogP contribution in [0, 0.1) is 17.0 Å². The Bertz CT molecular complexity index is 483. The molecule has 0 unspecified atom stereocenters. The molecule has 0 radical (unpaired) electrons. The predicted octanol–water partition coefficient (Wildman–Crippen LogP) is 1.03. The van der Waals surface area contributed by atoms with E-state index >= 15 is 0 Å². The van der Waals surface area contributed by atoms with Gasteiger partial charge in [-0.1, -0.05) is 0 Å². The minimum Gasteiger partial charge on any atom is -0.469 e. The van der Waals surface area contributed by atoms with Crippen molar-refractivity contribution in [2.45, 2.75) is 20.3 Å². The Morgan fingerprint density at radius 1 is 1.58 bits per heavy atom. The van der Waals surface area contributed by atoms with Crippen molar-refractivity contribution in [1.82, 2.24) is 9.55 Å². The number of nitro groups is 1. The smallest absolute Gasteiger partial charge is 0.406 e. The molecule has 0 saturated carbocycles. The van der Waals surface area contributed by atoms with E-state index in [0.29, 0.717) is 24.7 Å². The second-order valence-electron chi connectivity index (χ2n) is 4.03. The Morgan fingerprint density at radius 2 is 2.21 bits per heavy atom. The fraction of sp³-hybridized carbons (Fsp3) is 0.636. The van der Waals surface area contributed by atoms with Gasteiger partial charge in [-0.25, -0.2) is 0 Å². The van der Waals surface area contributed by atoms with Crippen molar-refractivity contribution in [1.29, 1.82) is 0 Å². The molecule has 0 aromatic carbocycles. The van der Waals surface area contributed by atoms with Crippen LogP contribution in [0.25, 0.3) is 0 Å². The van der Waals surface area contributed by atoms with E-state index in [-0.39, 0.29) is 18.2 Å². The number of carbonyl (C=O) groups excluding carboxylic acids is 1. The highest BCUT2D eigenvalue weighted by Crippen LogP contribution is 2.27. The van der Waals surface area contributed by atoms with Gasteiger partial charge >= 0.3 is 11.8 Å². The van der Waals surface area contributed by atoms with Crippen LogP contribution in [-0.4, -0.2) is 40.6 Å². The minimum atomic E-state index is -0.511. The van der Waals surface area contributed by atoms with Gasteiger partial charge in [0.25, 0.3) is 0 Å². The van der Waals surface area contributed by atoms with Crippen LogP contribution in [0.15, 0.2) is 0 Å².